The first kappa shape index (κ1) is 8.12. The Balaban J connectivity index is 2.74. The van der Waals surface area contributed by atoms with Gasteiger partial charge >= 0.3 is 6.03 Å². The molecule has 4 N–H and O–H groups in total. The Morgan fingerprint density at radius 1 is 1.42 bits per heavy atom. The third kappa shape index (κ3) is 1.54. The van der Waals surface area contributed by atoms with E-state index in [9.17, 15) is 9.59 Å². The molecule has 0 aromatic heterocycles. The minimum absolute atomic E-state index is 0.128. The van der Waals surface area contributed by atoms with E-state index >= 15 is 0 Å². The van der Waals surface area contributed by atoms with E-state index in [0.717, 1.165) is 0 Å². The molecule has 0 atom stereocenters. The van der Waals surface area contributed by atoms with E-state index < -0.39 is 11.9 Å². The van der Waals surface area contributed by atoms with Gasteiger partial charge in [-0.1, -0.05) is 0 Å². The lowest BCUT2D eigenvalue weighted by atomic mass is 10.4. The normalized spacial score (nSPS) is 15.0. The van der Waals surface area contributed by atoms with Crippen molar-refractivity contribution in [2.45, 2.75) is 0 Å². The van der Waals surface area contributed by atoms with Crippen LogP contribution in [0, 0.1) is 0 Å². The molecule has 64 valence electrons. The molecule has 1 aliphatic rings. The summed E-state index contributed by atoms with van der Waals surface area (Å²) in [6.45, 7) is 0. The molecule has 1 rings (SSSR count). The van der Waals surface area contributed by atoms with Crippen LogP contribution in [0.1, 0.15) is 0 Å². The maximum atomic E-state index is 10.5. The Morgan fingerprint density at radius 3 is 2.58 bits per heavy atom. The molecule has 1 aliphatic heterocycles. The minimum Gasteiger partial charge on any atom is -0.365 e. The number of allylic oxidation sites excluding steroid dienone is 2. The highest BCUT2D eigenvalue weighted by molar-refractivity contribution is 5.90. The predicted octanol–water partition coefficient (Wildman–Crippen LogP) is -0.805. The van der Waals surface area contributed by atoms with E-state index in [2.05, 4.69) is 4.84 Å². The molecule has 0 aromatic carbocycles. The second kappa shape index (κ2) is 2.95. The molecule has 6 nitrogen and oxygen atoms in total. The van der Waals surface area contributed by atoms with Crippen molar-refractivity contribution in [3.63, 3.8) is 0 Å². The third-order valence-corrected chi connectivity index (χ3v) is 1.13. The molecule has 0 spiro atoms. The van der Waals surface area contributed by atoms with E-state index in [1.54, 1.807) is 0 Å². The van der Waals surface area contributed by atoms with Crippen LogP contribution in [0.2, 0.25) is 0 Å². The van der Waals surface area contributed by atoms with Crippen molar-refractivity contribution in [2.75, 3.05) is 0 Å². The summed E-state index contributed by atoms with van der Waals surface area (Å²) in [5.74, 6) is -0.887. The zero-order chi connectivity index (χ0) is 9.14. The van der Waals surface area contributed by atoms with Crippen molar-refractivity contribution < 1.29 is 14.4 Å². The van der Waals surface area contributed by atoms with Crippen molar-refractivity contribution >= 4 is 11.9 Å². The summed E-state index contributed by atoms with van der Waals surface area (Å²) in [5.41, 5.74) is 9.75. The van der Waals surface area contributed by atoms with Crippen molar-refractivity contribution in [2.24, 2.45) is 11.5 Å². The van der Waals surface area contributed by atoms with Gasteiger partial charge in [0.1, 0.15) is 0 Å². The van der Waals surface area contributed by atoms with Gasteiger partial charge in [0.05, 0.1) is 6.20 Å². The fourth-order valence-corrected chi connectivity index (χ4v) is 0.621. The molecule has 0 aromatic rings. The molecule has 0 bridgehead atoms. The van der Waals surface area contributed by atoms with Crippen LogP contribution in [0.25, 0.3) is 0 Å². The quantitative estimate of drug-likeness (QED) is 0.537. The molecule has 0 unspecified atom stereocenters. The summed E-state index contributed by atoms with van der Waals surface area (Å²) < 4.78 is 0. The number of primary amides is 2. The molecule has 0 saturated heterocycles. The zero-order valence-electron chi connectivity index (χ0n) is 6.06. The fourth-order valence-electron chi connectivity index (χ4n) is 0.621. The zero-order valence-corrected chi connectivity index (χ0v) is 6.06. The molecular weight excluding hydrogens is 162 g/mol. The number of amides is 3. The molecule has 1 heterocycles. The average molecular weight is 169 g/mol. The summed E-state index contributed by atoms with van der Waals surface area (Å²) in [7, 11) is 0. The van der Waals surface area contributed by atoms with Crippen molar-refractivity contribution in [1.29, 1.82) is 0 Å². The fraction of sp³-hybridized carbons (Fsp3) is 0. The van der Waals surface area contributed by atoms with Gasteiger partial charge in [-0.05, 0) is 12.2 Å². The number of hydrogen-bond donors (Lipinski definition) is 2. The molecule has 0 saturated carbocycles. The molecule has 0 fully saturated rings. The maximum absolute atomic E-state index is 10.5. The second-order valence-corrected chi connectivity index (χ2v) is 1.99. The van der Waals surface area contributed by atoms with Gasteiger partial charge in [0.2, 0.25) is 5.76 Å². The van der Waals surface area contributed by atoms with Gasteiger partial charge < -0.3 is 16.3 Å². The molecule has 0 aliphatic carbocycles. The second-order valence-electron chi connectivity index (χ2n) is 1.99. The van der Waals surface area contributed by atoms with Crippen LogP contribution in [0.4, 0.5) is 4.79 Å². The SMILES string of the molecule is NC(=O)C1=CC=CN(C(N)=O)O1. The van der Waals surface area contributed by atoms with E-state index in [4.69, 9.17) is 11.5 Å². The first-order valence-corrected chi connectivity index (χ1v) is 3.06. The Labute approximate surface area is 68.0 Å². The standard InChI is InChI=1S/C6H7N3O3/c7-5(10)4-2-1-3-9(12-4)6(8)11/h1-3H,(H2,7,10)(H2,8,11). The Bertz CT molecular complexity index is 282. The third-order valence-electron chi connectivity index (χ3n) is 1.13. The number of nitrogens with zero attached hydrogens (tertiary/aromatic N) is 1. The largest absolute Gasteiger partial charge is 0.365 e. The number of nitrogens with two attached hydrogens (primary N) is 2. The van der Waals surface area contributed by atoms with Gasteiger partial charge in [-0.15, -0.1) is 5.06 Å². The first-order valence-electron chi connectivity index (χ1n) is 3.06. The van der Waals surface area contributed by atoms with E-state index in [1.165, 1.54) is 18.4 Å². The van der Waals surface area contributed by atoms with Gasteiger partial charge in [0.25, 0.3) is 5.91 Å². The highest BCUT2D eigenvalue weighted by atomic mass is 16.7. The van der Waals surface area contributed by atoms with Gasteiger partial charge in [-0.2, -0.15) is 0 Å². The molecule has 12 heavy (non-hydrogen) atoms. The average Bonchev–Trinajstić information content (AvgIpc) is 2.04. The Morgan fingerprint density at radius 2 is 2.08 bits per heavy atom. The van der Waals surface area contributed by atoms with Gasteiger partial charge in [0.15, 0.2) is 0 Å². The van der Waals surface area contributed by atoms with Gasteiger partial charge in [-0.3, -0.25) is 4.79 Å². The Kier molecular flexibility index (Phi) is 2.00. The van der Waals surface area contributed by atoms with Crippen LogP contribution in [-0.2, 0) is 9.63 Å². The monoisotopic (exact) mass is 169 g/mol. The predicted molar refractivity (Wildman–Crippen MR) is 38.9 cm³/mol. The van der Waals surface area contributed by atoms with Crippen LogP contribution in [0.5, 0.6) is 0 Å². The summed E-state index contributed by atoms with van der Waals surface area (Å²) in [6, 6.07) is -0.821. The van der Waals surface area contributed by atoms with E-state index in [0.29, 0.717) is 5.06 Å². The number of urea groups is 1. The van der Waals surface area contributed by atoms with Crippen molar-refractivity contribution in [1.82, 2.24) is 5.06 Å². The number of hydrogen-bond acceptors (Lipinski definition) is 3. The number of carbonyl (C=O) groups is 2. The number of carbonyl (C=O) groups excluding carboxylic acids is 2. The van der Waals surface area contributed by atoms with Crippen LogP contribution in [0.15, 0.2) is 24.1 Å². The molecule has 3 amide bonds. The molecule has 6 heteroatoms. The summed E-state index contributed by atoms with van der Waals surface area (Å²) in [6.07, 6.45) is 4.03. The van der Waals surface area contributed by atoms with Crippen LogP contribution in [-0.4, -0.2) is 17.0 Å². The smallest absolute Gasteiger partial charge is 0.352 e. The lowest BCUT2D eigenvalue weighted by molar-refractivity contribution is -0.124. The lowest BCUT2D eigenvalue weighted by Crippen LogP contribution is -2.34. The number of rotatable bonds is 1. The van der Waals surface area contributed by atoms with Gasteiger partial charge in [0, 0.05) is 0 Å². The maximum Gasteiger partial charge on any atom is 0.352 e. The molecule has 0 radical (unpaired) electrons. The highest BCUT2D eigenvalue weighted by Gasteiger charge is 2.16. The highest BCUT2D eigenvalue weighted by Crippen LogP contribution is 2.07. The summed E-state index contributed by atoms with van der Waals surface area (Å²) >= 11 is 0. The van der Waals surface area contributed by atoms with Crippen molar-refractivity contribution in [3.05, 3.63) is 24.1 Å². The van der Waals surface area contributed by atoms with E-state index in [1.807, 2.05) is 0 Å². The van der Waals surface area contributed by atoms with Gasteiger partial charge in [-0.25, -0.2) is 4.79 Å². The van der Waals surface area contributed by atoms with E-state index in [-0.39, 0.29) is 5.76 Å². The van der Waals surface area contributed by atoms with Crippen molar-refractivity contribution in [3.8, 4) is 0 Å². The number of hydroxylamine groups is 2. The van der Waals surface area contributed by atoms with Crippen LogP contribution >= 0.6 is 0 Å². The van der Waals surface area contributed by atoms with Crippen LogP contribution < -0.4 is 11.5 Å². The first-order chi connectivity index (χ1) is 5.61. The minimum atomic E-state index is -0.821. The topological polar surface area (TPSA) is 98.7 Å². The summed E-state index contributed by atoms with van der Waals surface area (Å²) in [5, 5.41) is 0.708. The lowest BCUT2D eigenvalue weighted by Gasteiger charge is -2.18. The van der Waals surface area contributed by atoms with Crippen LogP contribution in [0.3, 0.4) is 0 Å². The Hall–Kier alpha value is -1.98. The summed E-state index contributed by atoms with van der Waals surface area (Å²) in [4.78, 5) is 25.7. The molecular formula is C6H7N3O3.